The smallest absolute Gasteiger partial charge is 0.219 e. The Balaban J connectivity index is 1.85. The summed E-state index contributed by atoms with van der Waals surface area (Å²) in [5.74, 6) is -0.0213. The molecule has 0 unspecified atom stereocenters. The first-order valence-corrected chi connectivity index (χ1v) is 10.6. The van der Waals surface area contributed by atoms with Crippen LogP contribution < -0.4 is 4.72 Å². The minimum absolute atomic E-state index is 0.0213. The molecule has 1 saturated heterocycles. The van der Waals surface area contributed by atoms with Gasteiger partial charge < -0.3 is 4.90 Å². The molecule has 1 aliphatic heterocycles. The largest absolute Gasteiger partial charge is 0.338 e. The molecule has 0 radical (unpaired) electrons. The van der Waals surface area contributed by atoms with Crippen LogP contribution in [0.1, 0.15) is 18.9 Å². The predicted octanol–water partition coefficient (Wildman–Crippen LogP) is 2.43. The van der Waals surface area contributed by atoms with Gasteiger partial charge in [-0.25, -0.2) is 13.1 Å². The highest BCUT2D eigenvalue weighted by Gasteiger charge is 2.37. The lowest BCUT2D eigenvalue weighted by molar-refractivity contribution is -0.129. The second kappa shape index (κ2) is 7.60. The number of hydrogen-bond donors (Lipinski definition) is 1. The van der Waals surface area contributed by atoms with Crippen LogP contribution in [0.4, 0.5) is 0 Å². The minimum Gasteiger partial charge on any atom is -0.338 e. The van der Waals surface area contributed by atoms with Crippen molar-refractivity contribution >= 4 is 15.9 Å². The lowest BCUT2D eigenvalue weighted by Gasteiger charge is -2.28. The summed E-state index contributed by atoms with van der Waals surface area (Å²) in [6, 6.07) is 17.9. The lowest BCUT2D eigenvalue weighted by Crippen LogP contribution is -2.47. The molecule has 138 valence electrons. The average molecular weight is 372 g/mol. The Bertz CT molecular complexity index is 881. The molecule has 2 aromatic carbocycles. The van der Waals surface area contributed by atoms with E-state index in [-0.39, 0.29) is 18.0 Å². The molecule has 2 atom stereocenters. The third kappa shape index (κ3) is 4.51. The van der Waals surface area contributed by atoms with Crippen LogP contribution in [-0.4, -0.2) is 44.1 Å². The molecule has 1 heterocycles. The standard InChI is InChI=1S/C20H24N2O3S/c1-15(23)22-12-11-19(21-26(2,24)25)20(22)14-16-7-6-10-18(13-16)17-8-4-3-5-9-17/h3-10,13,19-21H,11-12,14H2,1-2H3/t19-,20-/m0/s1. The topological polar surface area (TPSA) is 66.5 Å². The van der Waals surface area contributed by atoms with Crippen LogP contribution in [0.15, 0.2) is 54.6 Å². The van der Waals surface area contributed by atoms with Gasteiger partial charge in [0.2, 0.25) is 15.9 Å². The highest BCUT2D eigenvalue weighted by molar-refractivity contribution is 7.88. The van der Waals surface area contributed by atoms with Crippen LogP contribution in [0, 0.1) is 0 Å². The average Bonchev–Trinajstić information content (AvgIpc) is 2.97. The first-order valence-electron chi connectivity index (χ1n) is 8.72. The van der Waals surface area contributed by atoms with Crippen molar-refractivity contribution in [2.45, 2.75) is 31.8 Å². The highest BCUT2D eigenvalue weighted by atomic mass is 32.2. The molecule has 2 aromatic rings. The van der Waals surface area contributed by atoms with Crippen LogP contribution in [0.25, 0.3) is 11.1 Å². The van der Waals surface area contributed by atoms with E-state index in [4.69, 9.17) is 0 Å². The monoisotopic (exact) mass is 372 g/mol. The second-order valence-electron chi connectivity index (χ2n) is 6.84. The van der Waals surface area contributed by atoms with Crippen molar-refractivity contribution in [1.82, 2.24) is 9.62 Å². The summed E-state index contributed by atoms with van der Waals surface area (Å²) in [5, 5.41) is 0. The number of hydrogen-bond acceptors (Lipinski definition) is 3. The zero-order chi connectivity index (χ0) is 18.7. The number of carbonyl (C=O) groups is 1. The molecule has 3 rings (SSSR count). The number of benzene rings is 2. The molecule has 26 heavy (non-hydrogen) atoms. The molecule has 0 saturated carbocycles. The van der Waals surface area contributed by atoms with Crippen LogP contribution in [-0.2, 0) is 21.2 Å². The third-order valence-corrected chi connectivity index (χ3v) is 5.53. The van der Waals surface area contributed by atoms with Crippen molar-refractivity contribution in [2.75, 3.05) is 12.8 Å². The van der Waals surface area contributed by atoms with Gasteiger partial charge in [-0.3, -0.25) is 4.79 Å². The molecule has 6 heteroatoms. The van der Waals surface area contributed by atoms with E-state index < -0.39 is 10.0 Å². The van der Waals surface area contributed by atoms with Gasteiger partial charge in [0.1, 0.15) is 0 Å². The van der Waals surface area contributed by atoms with E-state index in [1.807, 2.05) is 30.3 Å². The van der Waals surface area contributed by atoms with E-state index in [9.17, 15) is 13.2 Å². The second-order valence-corrected chi connectivity index (χ2v) is 8.62. The van der Waals surface area contributed by atoms with Gasteiger partial charge in [0, 0.05) is 19.5 Å². The number of nitrogens with one attached hydrogen (secondary N) is 1. The molecule has 1 fully saturated rings. The van der Waals surface area contributed by atoms with E-state index in [1.165, 1.54) is 6.92 Å². The van der Waals surface area contributed by atoms with Gasteiger partial charge in [0.25, 0.3) is 0 Å². The normalized spacial score (nSPS) is 20.3. The van der Waals surface area contributed by atoms with Crippen molar-refractivity contribution in [2.24, 2.45) is 0 Å². The van der Waals surface area contributed by atoms with Crippen LogP contribution in [0.3, 0.4) is 0 Å². The van der Waals surface area contributed by atoms with Gasteiger partial charge in [-0.05, 0) is 29.5 Å². The molecule has 0 bridgehead atoms. The SMILES string of the molecule is CC(=O)N1CC[C@H](NS(C)(=O)=O)[C@@H]1Cc1cccc(-c2ccccc2)c1. The van der Waals surface area contributed by atoms with Crippen LogP contribution in [0.5, 0.6) is 0 Å². The van der Waals surface area contributed by atoms with Gasteiger partial charge in [-0.2, -0.15) is 0 Å². The Hall–Kier alpha value is -2.18. The van der Waals surface area contributed by atoms with Gasteiger partial charge in [-0.15, -0.1) is 0 Å². The summed E-state index contributed by atoms with van der Waals surface area (Å²) in [4.78, 5) is 13.8. The fourth-order valence-electron chi connectivity index (χ4n) is 3.66. The molecule has 1 amide bonds. The van der Waals surface area contributed by atoms with Crippen molar-refractivity contribution in [1.29, 1.82) is 0 Å². The van der Waals surface area contributed by atoms with Gasteiger partial charge in [-0.1, -0.05) is 54.6 Å². The summed E-state index contributed by atoms with van der Waals surface area (Å²) < 4.78 is 26.1. The quantitative estimate of drug-likeness (QED) is 0.877. The van der Waals surface area contributed by atoms with Crippen molar-refractivity contribution < 1.29 is 13.2 Å². The summed E-state index contributed by atoms with van der Waals surface area (Å²) in [7, 11) is -3.32. The number of nitrogens with zero attached hydrogens (tertiary/aromatic N) is 1. The zero-order valence-electron chi connectivity index (χ0n) is 15.1. The maximum Gasteiger partial charge on any atom is 0.219 e. The Morgan fingerprint density at radius 1 is 1.12 bits per heavy atom. The third-order valence-electron chi connectivity index (χ3n) is 4.79. The lowest BCUT2D eigenvalue weighted by atomic mass is 9.97. The van der Waals surface area contributed by atoms with E-state index in [0.717, 1.165) is 22.9 Å². The molecule has 5 nitrogen and oxygen atoms in total. The minimum atomic E-state index is -3.32. The number of amides is 1. The zero-order valence-corrected chi connectivity index (χ0v) is 15.9. The maximum atomic E-state index is 12.0. The van der Waals surface area contributed by atoms with Gasteiger partial charge >= 0.3 is 0 Å². The summed E-state index contributed by atoms with van der Waals surface area (Å²) in [5.41, 5.74) is 3.34. The molecule has 0 aromatic heterocycles. The molecule has 1 N–H and O–H groups in total. The maximum absolute atomic E-state index is 12.0. The number of carbonyl (C=O) groups excluding carboxylic acids is 1. The highest BCUT2D eigenvalue weighted by Crippen LogP contribution is 2.25. The first kappa shape index (κ1) is 18.6. The van der Waals surface area contributed by atoms with E-state index in [1.54, 1.807) is 4.90 Å². The van der Waals surface area contributed by atoms with Gasteiger partial charge in [0.15, 0.2) is 0 Å². The summed E-state index contributed by atoms with van der Waals surface area (Å²) >= 11 is 0. The Morgan fingerprint density at radius 3 is 2.46 bits per heavy atom. The molecular formula is C20H24N2O3S. The van der Waals surface area contributed by atoms with Crippen molar-refractivity contribution in [3.63, 3.8) is 0 Å². The van der Waals surface area contributed by atoms with Crippen LogP contribution >= 0.6 is 0 Å². The number of sulfonamides is 1. The molecule has 0 aliphatic carbocycles. The Kier molecular flexibility index (Phi) is 5.44. The fourth-order valence-corrected chi connectivity index (χ4v) is 4.48. The number of rotatable bonds is 5. The predicted molar refractivity (Wildman–Crippen MR) is 103 cm³/mol. The van der Waals surface area contributed by atoms with Gasteiger partial charge in [0.05, 0.1) is 12.3 Å². The fraction of sp³-hybridized carbons (Fsp3) is 0.350. The molecule has 0 spiro atoms. The van der Waals surface area contributed by atoms with Crippen molar-refractivity contribution in [3.8, 4) is 11.1 Å². The first-order chi connectivity index (χ1) is 12.3. The Labute approximate surface area is 155 Å². The number of likely N-dealkylation sites (tertiary alicyclic amines) is 1. The molecule has 1 aliphatic rings. The van der Waals surface area contributed by atoms with Crippen LogP contribution in [0.2, 0.25) is 0 Å². The Morgan fingerprint density at radius 2 is 1.81 bits per heavy atom. The van der Waals surface area contributed by atoms with E-state index >= 15 is 0 Å². The van der Waals surface area contributed by atoms with Crippen molar-refractivity contribution in [3.05, 3.63) is 60.2 Å². The summed E-state index contributed by atoms with van der Waals surface area (Å²) in [6.45, 7) is 2.11. The molecular weight excluding hydrogens is 348 g/mol. The summed E-state index contributed by atoms with van der Waals surface area (Å²) in [6.07, 6.45) is 2.42. The van der Waals surface area contributed by atoms with E-state index in [2.05, 4.69) is 29.0 Å². The van der Waals surface area contributed by atoms with E-state index in [0.29, 0.717) is 19.4 Å².